The van der Waals surface area contributed by atoms with Crippen molar-refractivity contribution in [3.63, 3.8) is 0 Å². The van der Waals surface area contributed by atoms with E-state index in [0.29, 0.717) is 10.9 Å². The lowest BCUT2D eigenvalue weighted by Crippen LogP contribution is -2.14. The molecule has 2 rings (SSSR count). The van der Waals surface area contributed by atoms with E-state index >= 15 is 0 Å². The van der Waals surface area contributed by atoms with Crippen LogP contribution in [-0.2, 0) is 6.42 Å². The molecule has 1 fully saturated rings. The minimum atomic E-state index is -0.253. The molecule has 0 bridgehead atoms. The molecule has 16 heavy (non-hydrogen) atoms. The molecule has 3 heteroatoms. The van der Waals surface area contributed by atoms with Crippen molar-refractivity contribution in [3.8, 4) is 0 Å². The third kappa shape index (κ3) is 3.19. The van der Waals surface area contributed by atoms with Gasteiger partial charge in [0, 0.05) is 5.02 Å². The molecule has 1 nitrogen and oxygen atoms in total. The maximum Gasteiger partial charge on any atom is 0.124 e. The number of hydrogen-bond donors (Lipinski definition) is 1. The zero-order valence-corrected chi connectivity index (χ0v) is 10.1. The van der Waals surface area contributed by atoms with Gasteiger partial charge in [-0.1, -0.05) is 17.7 Å². The molecule has 1 saturated heterocycles. The first kappa shape index (κ1) is 11.9. The predicted molar refractivity (Wildman–Crippen MR) is 65.3 cm³/mol. The van der Waals surface area contributed by atoms with E-state index in [1.54, 1.807) is 0 Å². The average molecular weight is 242 g/mol. The van der Waals surface area contributed by atoms with Crippen LogP contribution in [0.25, 0.3) is 0 Å². The summed E-state index contributed by atoms with van der Waals surface area (Å²) in [7, 11) is 0. The summed E-state index contributed by atoms with van der Waals surface area (Å²) in [6, 6.07) is 4.72. The van der Waals surface area contributed by atoms with Crippen LogP contribution in [0.15, 0.2) is 18.2 Å². The van der Waals surface area contributed by atoms with Crippen molar-refractivity contribution in [1.82, 2.24) is 5.32 Å². The van der Waals surface area contributed by atoms with Gasteiger partial charge in [0.25, 0.3) is 0 Å². The number of rotatable bonds is 2. The van der Waals surface area contributed by atoms with E-state index < -0.39 is 0 Å². The Hall–Kier alpha value is -0.600. The Morgan fingerprint density at radius 3 is 3.00 bits per heavy atom. The monoisotopic (exact) mass is 241 g/mol. The third-order valence-corrected chi connectivity index (χ3v) is 3.57. The molecule has 1 aromatic carbocycles. The average Bonchev–Trinajstić information content (AvgIpc) is 2.51. The SMILES string of the molecule is Fc1ccc(CC2CCCNCC2)c(Cl)c1. The Kier molecular flexibility index (Phi) is 4.19. The summed E-state index contributed by atoms with van der Waals surface area (Å²) < 4.78 is 12.9. The van der Waals surface area contributed by atoms with Crippen molar-refractivity contribution in [1.29, 1.82) is 0 Å². The predicted octanol–water partition coefficient (Wildman–Crippen LogP) is 3.41. The molecular formula is C13H17ClFN. The second kappa shape index (κ2) is 5.65. The Balaban J connectivity index is 2.01. The van der Waals surface area contributed by atoms with Gasteiger partial charge in [0.2, 0.25) is 0 Å². The number of benzene rings is 1. The second-order valence-corrected chi connectivity index (χ2v) is 4.89. The lowest BCUT2D eigenvalue weighted by molar-refractivity contribution is 0.469. The highest BCUT2D eigenvalue weighted by Crippen LogP contribution is 2.24. The summed E-state index contributed by atoms with van der Waals surface area (Å²) in [6.07, 6.45) is 4.62. The van der Waals surface area contributed by atoms with Crippen molar-refractivity contribution in [2.24, 2.45) is 5.92 Å². The standard InChI is InChI=1S/C13H17ClFN/c14-13-9-12(15)4-3-11(13)8-10-2-1-6-16-7-5-10/h3-4,9-10,16H,1-2,5-8H2. The fourth-order valence-corrected chi connectivity index (χ4v) is 2.54. The highest BCUT2D eigenvalue weighted by atomic mass is 35.5. The number of hydrogen-bond acceptors (Lipinski definition) is 1. The van der Waals surface area contributed by atoms with Crippen LogP contribution >= 0.6 is 11.6 Å². The first-order valence-electron chi connectivity index (χ1n) is 5.90. The first-order valence-corrected chi connectivity index (χ1v) is 6.28. The van der Waals surface area contributed by atoms with Crippen molar-refractivity contribution in [2.45, 2.75) is 25.7 Å². The van der Waals surface area contributed by atoms with Crippen molar-refractivity contribution in [2.75, 3.05) is 13.1 Å². The Bertz CT molecular complexity index is 346. The highest BCUT2D eigenvalue weighted by Gasteiger charge is 2.14. The summed E-state index contributed by atoms with van der Waals surface area (Å²) in [4.78, 5) is 0. The summed E-state index contributed by atoms with van der Waals surface area (Å²) in [5.41, 5.74) is 1.08. The van der Waals surface area contributed by atoms with Crippen LogP contribution in [0.4, 0.5) is 4.39 Å². The van der Waals surface area contributed by atoms with Crippen LogP contribution in [0, 0.1) is 11.7 Å². The van der Waals surface area contributed by atoms with Crippen LogP contribution in [0.1, 0.15) is 24.8 Å². The van der Waals surface area contributed by atoms with Gasteiger partial charge in [-0.05, 0) is 62.4 Å². The highest BCUT2D eigenvalue weighted by molar-refractivity contribution is 6.31. The van der Waals surface area contributed by atoms with Crippen LogP contribution in [0.2, 0.25) is 5.02 Å². The molecule has 88 valence electrons. The van der Waals surface area contributed by atoms with E-state index in [1.165, 1.54) is 31.4 Å². The van der Waals surface area contributed by atoms with Gasteiger partial charge in [-0.3, -0.25) is 0 Å². The lowest BCUT2D eigenvalue weighted by atomic mass is 9.93. The van der Waals surface area contributed by atoms with Gasteiger partial charge in [0.1, 0.15) is 5.82 Å². The van der Waals surface area contributed by atoms with Crippen molar-refractivity contribution >= 4 is 11.6 Å². The zero-order chi connectivity index (χ0) is 11.4. The molecule has 0 aromatic heterocycles. The largest absolute Gasteiger partial charge is 0.317 e. The van der Waals surface area contributed by atoms with Gasteiger partial charge in [0.05, 0.1) is 0 Å². The molecule has 0 saturated carbocycles. The number of nitrogens with one attached hydrogen (secondary N) is 1. The van der Waals surface area contributed by atoms with Gasteiger partial charge in [-0.2, -0.15) is 0 Å². The molecule has 1 heterocycles. The minimum Gasteiger partial charge on any atom is -0.317 e. The van der Waals surface area contributed by atoms with E-state index in [1.807, 2.05) is 6.07 Å². The molecule has 0 amide bonds. The van der Waals surface area contributed by atoms with Gasteiger partial charge in [-0.25, -0.2) is 4.39 Å². The van der Waals surface area contributed by atoms with Gasteiger partial charge in [0.15, 0.2) is 0 Å². The van der Waals surface area contributed by atoms with Crippen LogP contribution in [0.5, 0.6) is 0 Å². The Morgan fingerprint density at radius 2 is 2.19 bits per heavy atom. The normalized spacial score (nSPS) is 21.8. The van der Waals surface area contributed by atoms with Crippen LogP contribution < -0.4 is 5.32 Å². The molecule has 1 atom stereocenters. The van der Waals surface area contributed by atoms with Gasteiger partial charge < -0.3 is 5.32 Å². The van der Waals surface area contributed by atoms with E-state index in [4.69, 9.17) is 11.6 Å². The molecule has 0 aliphatic carbocycles. The molecule has 1 unspecified atom stereocenters. The lowest BCUT2D eigenvalue weighted by Gasteiger charge is -2.14. The third-order valence-electron chi connectivity index (χ3n) is 3.22. The van der Waals surface area contributed by atoms with Crippen molar-refractivity contribution < 1.29 is 4.39 Å². The zero-order valence-electron chi connectivity index (χ0n) is 9.31. The minimum absolute atomic E-state index is 0.253. The van der Waals surface area contributed by atoms with E-state index in [0.717, 1.165) is 25.1 Å². The summed E-state index contributed by atoms with van der Waals surface area (Å²) in [6.45, 7) is 2.21. The summed E-state index contributed by atoms with van der Waals surface area (Å²) in [5.74, 6) is 0.425. The maximum absolute atomic E-state index is 12.9. The maximum atomic E-state index is 12.9. The first-order chi connectivity index (χ1) is 7.75. The van der Waals surface area contributed by atoms with Gasteiger partial charge in [-0.15, -0.1) is 0 Å². The van der Waals surface area contributed by atoms with E-state index in [-0.39, 0.29) is 5.82 Å². The Morgan fingerprint density at radius 1 is 1.31 bits per heavy atom. The molecule has 1 N–H and O–H groups in total. The quantitative estimate of drug-likeness (QED) is 0.837. The Labute approximate surface area is 101 Å². The van der Waals surface area contributed by atoms with Crippen molar-refractivity contribution in [3.05, 3.63) is 34.6 Å². The molecule has 1 aliphatic heterocycles. The molecule has 1 aliphatic rings. The molecule has 0 radical (unpaired) electrons. The van der Waals surface area contributed by atoms with Crippen LogP contribution in [-0.4, -0.2) is 13.1 Å². The fraction of sp³-hybridized carbons (Fsp3) is 0.538. The molecular weight excluding hydrogens is 225 g/mol. The van der Waals surface area contributed by atoms with E-state index in [2.05, 4.69) is 5.32 Å². The number of halogens is 2. The molecule has 0 spiro atoms. The van der Waals surface area contributed by atoms with Crippen LogP contribution in [0.3, 0.4) is 0 Å². The summed E-state index contributed by atoms with van der Waals surface area (Å²) >= 11 is 6.03. The van der Waals surface area contributed by atoms with Gasteiger partial charge >= 0.3 is 0 Å². The summed E-state index contributed by atoms with van der Waals surface area (Å²) in [5, 5.41) is 3.96. The van der Waals surface area contributed by atoms with E-state index in [9.17, 15) is 4.39 Å². The topological polar surface area (TPSA) is 12.0 Å². The molecule has 1 aromatic rings. The smallest absolute Gasteiger partial charge is 0.124 e. The fourth-order valence-electron chi connectivity index (χ4n) is 2.29. The second-order valence-electron chi connectivity index (χ2n) is 4.49.